The van der Waals surface area contributed by atoms with E-state index >= 15 is 0 Å². The molecule has 1 heterocycles. The van der Waals surface area contributed by atoms with E-state index in [4.69, 9.17) is 0 Å². The molecule has 1 atom stereocenters. The number of nitrogens with one attached hydrogen (secondary N) is 2. The molecule has 5 nitrogen and oxygen atoms in total. The van der Waals surface area contributed by atoms with Crippen LogP contribution in [0.4, 0.5) is 0 Å². The highest BCUT2D eigenvalue weighted by molar-refractivity contribution is 5.94. The maximum Gasteiger partial charge on any atom is 0.272 e. The lowest BCUT2D eigenvalue weighted by molar-refractivity contribution is 0.0910. The van der Waals surface area contributed by atoms with Gasteiger partial charge in [0.25, 0.3) is 5.91 Å². The molecule has 0 saturated heterocycles. The molecule has 1 unspecified atom stereocenters. The number of aromatic amines is 1. The largest absolute Gasteiger partial charge is 0.387 e. The third kappa shape index (κ3) is 2.69. The number of carbonyl (C=O) groups is 1. The SMILES string of the molecule is Cc1ccccc1C(O)CNC(=O)c1n[nH]c2c1CCC2. The zero-order valence-corrected chi connectivity index (χ0v) is 12.0. The van der Waals surface area contributed by atoms with Crippen LogP contribution in [0.3, 0.4) is 0 Å². The standard InChI is InChI=1S/C16H19N3O2/c1-10-5-2-3-6-11(10)14(20)9-17-16(21)15-12-7-4-8-13(12)18-19-15/h2-3,5-6,14,20H,4,7-9H2,1H3,(H,17,21)(H,18,19). The summed E-state index contributed by atoms with van der Waals surface area (Å²) in [4.78, 5) is 12.2. The predicted molar refractivity (Wildman–Crippen MR) is 79.1 cm³/mol. The normalized spacial score (nSPS) is 14.8. The van der Waals surface area contributed by atoms with Crippen molar-refractivity contribution in [3.05, 3.63) is 52.3 Å². The summed E-state index contributed by atoms with van der Waals surface area (Å²) in [5.74, 6) is -0.220. The molecule has 0 spiro atoms. The van der Waals surface area contributed by atoms with Gasteiger partial charge in [-0.15, -0.1) is 0 Å². The van der Waals surface area contributed by atoms with Crippen molar-refractivity contribution >= 4 is 5.91 Å². The minimum absolute atomic E-state index is 0.186. The summed E-state index contributed by atoms with van der Waals surface area (Å²) >= 11 is 0. The smallest absolute Gasteiger partial charge is 0.272 e. The number of hydrogen-bond donors (Lipinski definition) is 3. The van der Waals surface area contributed by atoms with Crippen LogP contribution in [0.2, 0.25) is 0 Å². The number of benzene rings is 1. The van der Waals surface area contributed by atoms with E-state index in [2.05, 4.69) is 15.5 Å². The fourth-order valence-corrected chi connectivity index (χ4v) is 2.85. The maximum atomic E-state index is 12.2. The molecule has 1 aliphatic rings. The van der Waals surface area contributed by atoms with Crippen molar-refractivity contribution in [3.8, 4) is 0 Å². The molecule has 3 rings (SSSR count). The van der Waals surface area contributed by atoms with Crippen LogP contribution < -0.4 is 5.32 Å². The number of aliphatic hydroxyl groups is 1. The highest BCUT2D eigenvalue weighted by Crippen LogP contribution is 2.23. The third-order valence-electron chi connectivity index (χ3n) is 4.02. The van der Waals surface area contributed by atoms with Crippen LogP contribution in [0.5, 0.6) is 0 Å². The molecule has 1 aliphatic carbocycles. The van der Waals surface area contributed by atoms with Crippen LogP contribution in [0.15, 0.2) is 24.3 Å². The van der Waals surface area contributed by atoms with Crippen LogP contribution in [-0.2, 0) is 12.8 Å². The monoisotopic (exact) mass is 285 g/mol. The zero-order chi connectivity index (χ0) is 14.8. The Kier molecular flexibility index (Phi) is 3.75. The lowest BCUT2D eigenvalue weighted by Gasteiger charge is -2.14. The van der Waals surface area contributed by atoms with Gasteiger partial charge in [0.15, 0.2) is 5.69 Å². The van der Waals surface area contributed by atoms with E-state index in [0.29, 0.717) is 5.69 Å². The van der Waals surface area contributed by atoms with Crippen molar-refractivity contribution in [3.63, 3.8) is 0 Å². The number of H-pyrrole nitrogens is 1. The third-order valence-corrected chi connectivity index (χ3v) is 4.02. The first-order chi connectivity index (χ1) is 10.2. The molecular weight excluding hydrogens is 266 g/mol. The van der Waals surface area contributed by atoms with Crippen molar-refractivity contribution in [1.82, 2.24) is 15.5 Å². The minimum Gasteiger partial charge on any atom is -0.387 e. The van der Waals surface area contributed by atoms with Crippen LogP contribution in [0, 0.1) is 6.92 Å². The second-order valence-corrected chi connectivity index (χ2v) is 5.47. The summed E-state index contributed by atoms with van der Waals surface area (Å²) in [6.07, 6.45) is 2.22. The van der Waals surface area contributed by atoms with E-state index in [9.17, 15) is 9.90 Å². The van der Waals surface area contributed by atoms with Crippen molar-refractivity contribution < 1.29 is 9.90 Å². The number of nitrogens with zero attached hydrogens (tertiary/aromatic N) is 1. The molecule has 21 heavy (non-hydrogen) atoms. The van der Waals surface area contributed by atoms with E-state index in [0.717, 1.165) is 41.6 Å². The summed E-state index contributed by atoms with van der Waals surface area (Å²) in [6.45, 7) is 2.13. The van der Waals surface area contributed by atoms with Gasteiger partial charge in [0, 0.05) is 17.8 Å². The van der Waals surface area contributed by atoms with Crippen LogP contribution in [-0.4, -0.2) is 27.8 Å². The van der Waals surface area contributed by atoms with Crippen LogP contribution >= 0.6 is 0 Å². The summed E-state index contributed by atoms with van der Waals surface area (Å²) < 4.78 is 0. The average molecular weight is 285 g/mol. The average Bonchev–Trinajstić information content (AvgIpc) is 3.07. The molecule has 1 aromatic heterocycles. The molecule has 0 fully saturated rings. The molecule has 5 heteroatoms. The van der Waals surface area contributed by atoms with Gasteiger partial charge in [-0.2, -0.15) is 5.10 Å². The molecular formula is C16H19N3O2. The van der Waals surface area contributed by atoms with Crippen LogP contribution in [0.1, 0.15) is 45.4 Å². The fraction of sp³-hybridized carbons (Fsp3) is 0.375. The van der Waals surface area contributed by atoms with Crippen molar-refractivity contribution in [2.24, 2.45) is 0 Å². The quantitative estimate of drug-likeness (QED) is 0.799. The summed E-state index contributed by atoms with van der Waals surface area (Å²) in [7, 11) is 0. The maximum absolute atomic E-state index is 12.2. The number of fused-ring (bicyclic) bond motifs is 1. The van der Waals surface area contributed by atoms with E-state index in [-0.39, 0.29) is 12.5 Å². The summed E-state index contributed by atoms with van der Waals surface area (Å²) in [5, 5.41) is 20.0. The number of rotatable bonds is 4. The molecule has 0 aliphatic heterocycles. The molecule has 1 amide bonds. The Morgan fingerprint density at radius 1 is 1.43 bits per heavy atom. The molecule has 0 radical (unpaired) electrons. The highest BCUT2D eigenvalue weighted by Gasteiger charge is 2.23. The van der Waals surface area contributed by atoms with E-state index in [1.807, 2.05) is 31.2 Å². The minimum atomic E-state index is -0.706. The van der Waals surface area contributed by atoms with E-state index < -0.39 is 6.10 Å². The summed E-state index contributed by atoms with van der Waals surface area (Å²) in [5.41, 5.74) is 4.42. The van der Waals surface area contributed by atoms with Gasteiger partial charge in [0.05, 0.1) is 6.10 Å². The van der Waals surface area contributed by atoms with Gasteiger partial charge >= 0.3 is 0 Å². The number of aliphatic hydroxyl groups excluding tert-OH is 1. The van der Waals surface area contributed by atoms with Gasteiger partial charge in [0.2, 0.25) is 0 Å². The number of hydrogen-bond acceptors (Lipinski definition) is 3. The second-order valence-electron chi connectivity index (χ2n) is 5.47. The van der Waals surface area contributed by atoms with Gasteiger partial charge in [-0.3, -0.25) is 9.89 Å². The number of aryl methyl sites for hydroxylation is 2. The molecule has 0 saturated carbocycles. The summed E-state index contributed by atoms with van der Waals surface area (Å²) in [6, 6.07) is 7.63. The Bertz CT molecular complexity index is 663. The van der Waals surface area contributed by atoms with Gasteiger partial charge in [-0.1, -0.05) is 24.3 Å². The first kappa shape index (κ1) is 13.8. The number of amides is 1. The van der Waals surface area contributed by atoms with Gasteiger partial charge in [-0.05, 0) is 37.3 Å². The first-order valence-electron chi connectivity index (χ1n) is 7.24. The molecule has 0 bridgehead atoms. The number of carbonyl (C=O) groups excluding carboxylic acids is 1. The Hall–Kier alpha value is -2.14. The molecule has 3 N–H and O–H groups in total. The van der Waals surface area contributed by atoms with Crippen molar-refractivity contribution in [2.45, 2.75) is 32.3 Å². The lowest BCUT2D eigenvalue weighted by atomic mass is 10.0. The van der Waals surface area contributed by atoms with E-state index in [1.165, 1.54) is 0 Å². The van der Waals surface area contributed by atoms with E-state index in [1.54, 1.807) is 0 Å². The Morgan fingerprint density at radius 3 is 3.05 bits per heavy atom. The Balaban J connectivity index is 1.65. The van der Waals surface area contributed by atoms with Gasteiger partial charge in [0.1, 0.15) is 0 Å². The van der Waals surface area contributed by atoms with Crippen molar-refractivity contribution in [1.29, 1.82) is 0 Å². The first-order valence-corrected chi connectivity index (χ1v) is 7.24. The Morgan fingerprint density at radius 2 is 2.24 bits per heavy atom. The molecule has 110 valence electrons. The predicted octanol–water partition coefficient (Wildman–Crippen LogP) is 1.67. The fourth-order valence-electron chi connectivity index (χ4n) is 2.85. The van der Waals surface area contributed by atoms with Gasteiger partial charge in [-0.25, -0.2) is 0 Å². The van der Waals surface area contributed by atoms with Crippen molar-refractivity contribution in [2.75, 3.05) is 6.54 Å². The second kappa shape index (κ2) is 5.69. The molecule has 2 aromatic rings. The van der Waals surface area contributed by atoms with Gasteiger partial charge < -0.3 is 10.4 Å². The topological polar surface area (TPSA) is 78.0 Å². The highest BCUT2D eigenvalue weighted by atomic mass is 16.3. The number of aromatic nitrogens is 2. The Labute approximate surface area is 123 Å². The molecule has 1 aromatic carbocycles. The van der Waals surface area contributed by atoms with Crippen LogP contribution in [0.25, 0.3) is 0 Å². The zero-order valence-electron chi connectivity index (χ0n) is 12.0. The lowest BCUT2D eigenvalue weighted by Crippen LogP contribution is -2.29.